The summed E-state index contributed by atoms with van der Waals surface area (Å²) in [5.41, 5.74) is -0.900. The molecule has 0 aliphatic heterocycles. The molecule has 4 nitrogen and oxygen atoms in total. The van der Waals surface area contributed by atoms with E-state index in [2.05, 4.69) is 0 Å². The van der Waals surface area contributed by atoms with Crippen molar-refractivity contribution in [1.29, 1.82) is 0 Å². The number of unbranched alkanes of at least 4 members (excludes halogenated alkanes) is 1. The molecule has 0 aromatic heterocycles. The molecule has 0 saturated heterocycles. The van der Waals surface area contributed by atoms with Crippen LogP contribution < -0.4 is 0 Å². The van der Waals surface area contributed by atoms with Gasteiger partial charge in [-0.05, 0) is 12.8 Å². The zero-order chi connectivity index (χ0) is 10.5. The molecule has 0 rings (SSSR count). The van der Waals surface area contributed by atoms with Crippen LogP contribution in [0, 0.1) is 5.92 Å². The molecular formula is C8H17O4P. The molecular weight excluding hydrogens is 191 g/mol. The molecule has 0 fully saturated rings. The molecule has 0 radical (unpaired) electrons. The highest BCUT2D eigenvalue weighted by atomic mass is 31.2. The van der Waals surface area contributed by atoms with Gasteiger partial charge in [0.25, 0.3) is 0 Å². The van der Waals surface area contributed by atoms with E-state index in [9.17, 15) is 9.36 Å². The van der Waals surface area contributed by atoms with E-state index in [1.165, 1.54) is 0 Å². The smallest absolute Gasteiger partial charge is 0.319 e. The van der Waals surface area contributed by atoms with E-state index in [0.29, 0.717) is 12.8 Å². The first-order valence-corrected chi connectivity index (χ1v) is 6.14. The number of carbonyl (C=O) groups excluding carboxylic acids is 1. The van der Waals surface area contributed by atoms with Crippen molar-refractivity contribution in [2.24, 2.45) is 5.92 Å². The number of hydrogen-bond acceptors (Lipinski definition) is 2. The quantitative estimate of drug-likeness (QED) is 0.654. The fourth-order valence-corrected chi connectivity index (χ4v) is 1.98. The first kappa shape index (κ1) is 12.8. The Morgan fingerprint density at radius 3 is 2.23 bits per heavy atom. The van der Waals surface area contributed by atoms with E-state index >= 15 is 0 Å². The monoisotopic (exact) mass is 208 g/mol. The zero-order valence-electron chi connectivity index (χ0n) is 8.06. The molecule has 13 heavy (non-hydrogen) atoms. The van der Waals surface area contributed by atoms with Gasteiger partial charge >= 0.3 is 7.60 Å². The minimum absolute atomic E-state index is 0.471. The summed E-state index contributed by atoms with van der Waals surface area (Å²) in [5, 5.41) is 0. The number of hydrogen-bond donors (Lipinski definition) is 2. The molecule has 5 heteroatoms. The van der Waals surface area contributed by atoms with Crippen LogP contribution in [0.4, 0.5) is 0 Å². The maximum absolute atomic E-state index is 11.1. The Bertz CT molecular complexity index is 208. The van der Waals surface area contributed by atoms with Crippen LogP contribution in [0.2, 0.25) is 0 Å². The molecule has 0 spiro atoms. The van der Waals surface area contributed by atoms with Crippen molar-refractivity contribution < 1.29 is 19.1 Å². The van der Waals surface area contributed by atoms with Gasteiger partial charge in [0, 0.05) is 5.92 Å². The predicted octanol–water partition coefficient (Wildman–Crippen LogP) is 1.91. The van der Waals surface area contributed by atoms with Crippen molar-refractivity contribution in [3.63, 3.8) is 0 Å². The molecule has 1 unspecified atom stereocenters. The lowest BCUT2D eigenvalue weighted by molar-refractivity contribution is -0.117. The number of carbonyl (C=O) groups is 1. The highest BCUT2D eigenvalue weighted by Crippen LogP contribution is 2.40. The normalized spacial score (nSPS) is 14.2. The van der Waals surface area contributed by atoms with Crippen molar-refractivity contribution >= 4 is 13.1 Å². The van der Waals surface area contributed by atoms with Gasteiger partial charge in [0.05, 0.1) is 0 Å². The Kier molecular flexibility index (Phi) is 5.45. The highest BCUT2D eigenvalue weighted by Gasteiger charge is 2.31. The van der Waals surface area contributed by atoms with Gasteiger partial charge in [0.2, 0.25) is 5.52 Å². The lowest BCUT2D eigenvalue weighted by Gasteiger charge is -2.13. The van der Waals surface area contributed by atoms with Gasteiger partial charge in [0.15, 0.2) is 0 Å². The van der Waals surface area contributed by atoms with E-state index in [1.807, 2.05) is 6.92 Å². The summed E-state index contributed by atoms with van der Waals surface area (Å²) >= 11 is 0. The average molecular weight is 208 g/mol. The van der Waals surface area contributed by atoms with Crippen LogP contribution in [0.1, 0.15) is 39.5 Å². The van der Waals surface area contributed by atoms with E-state index < -0.39 is 19.0 Å². The summed E-state index contributed by atoms with van der Waals surface area (Å²) in [6, 6.07) is 0. The second kappa shape index (κ2) is 5.53. The molecule has 0 aliphatic carbocycles. The average Bonchev–Trinajstić information content (AvgIpc) is 2.04. The van der Waals surface area contributed by atoms with Crippen molar-refractivity contribution in [2.75, 3.05) is 0 Å². The Morgan fingerprint density at radius 2 is 1.92 bits per heavy atom. The third-order valence-electron chi connectivity index (χ3n) is 2.04. The van der Waals surface area contributed by atoms with Gasteiger partial charge in [-0.25, -0.2) is 0 Å². The minimum Gasteiger partial charge on any atom is -0.319 e. The maximum atomic E-state index is 11.1. The van der Waals surface area contributed by atoms with Crippen LogP contribution in [-0.2, 0) is 9.36 Å². The van der Waals surface area contributed by atoms with Crippen molar-refractivity contribution in [2.45, 2.75) is 39.5 Å². The van der Waals surface area contributed by atoms with Gasteiger partial charge in [-0.3, -0.25) is 9.36 Å². The van der Waals surface area contributed by atoms with Crippen LogP contribution in [0.25, 0.3) is 0 Å². The topological polar surface area (TPSA) is 74.6 Å². The highest BCUT2D eigenvalue weighted by molar-refractivity contribution is 7.70. The Balaban J connectivity index is 4.24. The van der Waals surface area contributed by atoms with Crippen LogP contribution >= 0.6 is 7.60 Å². The third-order valence-corrected chi connectivity index (χ3v) is 2.97. The maximum Gasteiger partial charge on any atom is 0.391 e. The second-order valence-electron chi connectivity index (χ2n) is 3.13. The minimum atomic E-state index is -4.51. The van der Waals surface area contributed by atoms with Gasteiger partial charge < -0.3 is 9.79 Å². The Hall–Kier alpha value is -0.180. The van der Waals surface area contributed by atoms with Gasteiger partial charge in [-0.2, -0.15) is 0 Å². The lowest BCUT2D eigenvalue weighted by Crippen LogP contribution is -2.13. The fraction of sp³-hybridized carbons (Fsp3) is 0.875. The van der Waals surface area contributed by atoms with E-state index in [4.69, 9.17) is 9.79 Å². The summed E-state index contributed by atoms with van der Waals surface area (Å²) in [5.74, 6) is -0.471. The summed E-state index contributed by atoms with van der Waals surface area (Å²) in [6.45, 7) is 3.75. The van der Waals surface area contributed by atoms with Crippen molar-refractivity contribution in [3.05, 3.63) is 0 Å². The van der Waals surface area contributed by atoms with Crippen LogP contribution in [0.5, 0.6) is 0 Å². The molecule has 78 valence electrons. The predicted molar refractivity (Wildman–Crippen MR) is 50.4 cm³/mol. The molecule has 1 atom stereocenters. The van der Waals surface area contributed by atoms with Gasteiger partial charge in [0.1, 0.15) is 0 Å². The number of rotatable bonds is 6. The largest absolute Gasteiger partial charge is 0.391 e. The molecule has 0 aliphatic rings. The molecule has 0 aromatic carbocycles. The van der Waals surface area contributed by atoms with Gasteiger partial charge in [-0.1, -0.05) is 26.7 Å². The fourth-order valence-electron chi connectivity index (χ4n) is 1.19. The van der Waals surface area contributed by atoms with Crippen LogP contribution in [-0.4, -0.2) is 15.3 Å². The Morgan fingerprint density at radius 1 is 1.38 bits per heavy atom. The summed E-state index contributed by atoms with van der Waals surface area (Å²) in [7, 11) is -4.51. The van der Waals surface area contributed by atoms with Crippen molar-refractivity contribution in [3.8, 4) is 0 Å². The summed E-state index contributed by atoms with van der Waals surface area (Å²) in [6.07, 6.45) is 2.86. The van der Waals surface area contributed by atoms with Crippen LogP contribution in [0.15, 0.2) is 0 Å². The van der Waals surface area contributed by atoms with Gasteiger partial charge in [-0.15, -0.1) is 0 Å². The lowest BCUT2D eigenvalue weighted by atomic mass is 10.0. The standard InChI is InChI=1S/C8H17O4P/c1-3-5-6-7(4-2)8(9)13(10,11)12/h7H,3-6H2,1-2H3,(H2,10,11,12). The van der Waals surface area contributed by atoms with E-state index in [0.717, 1.165) is 12.8 Å². The van der Waals surface area contributed by atoms with Crippen molar-refractivity contribution in [1.82, 2.24) is 0 Å². The summed E-state index contributed by atoms with van der Waals surface area (Å²) < 4.78 is 10.6. The van der Waals surface area contributed by atoms with Crippen LogP contribution in [0.3, 0.4) is 0 Å². The first-order valence-electron chi connectivity index (χ1n) is 4.53. The molecule has 0 bridgehead atoms. The third kappa shape index (κ3) is 4.55. The Labute approximate surface area is 78.5 Å². The molecule has 0 heterocycles. The summed E-state index contributed by atoms with van der Waals surface area (Å²) in [4.78, 5) is 28.4. The van der Waals surface area contributed by atoms with E-state index in [1.54, 1.807) is 6.92 Å². The second-order valence-corrected chi connectivity index (χ2v) is 4.66. The first-order chi connectivity index (χ1) is 5.93. The molecule has 0 aromatic rings. The van der Waals surface area contributed by atoms with E-state index in [-0.39, 0.29) is 0 Å². The molecule has 0 amide bonds. The molecule has 0 saturated carbocycles. The zero-order valence-corrected chi connectivity index (χ0v) is 8.96. The SMILES string of the molecule is CCCCC(CC)C(=O)P(=O)(O)O. The molecule has 2 N–H and O–H groups in total.